The minimum atomic E-state index is -0.135. The maximum absolute atomic E-state index is 11.8. The molecule has 0 saturated carbocycles. The molecule has 100 valence electrons. The van der Waals surface area contributed by atoms with E-state index in [1.54, 1.807) is 12.5 Å². The van der Waals surface area contributed by atoms with Crippen LogP contribution in [0.15, 0.2) is 12.5 Å². The van der Waals surface area contributed by atoms with Gasteiger partial charge in [0.25, 0.3) is 5.91 Å². The highest BCUT2D eigenvalue weighted by molar-refractivity contribution is 5.91. The van der Waals surface area contributed by atoms with E-state index in [4.69, 9.17) is 10.5 Å². The molecule has 1 aromatic heterocycles. The topological polar surface area (TPSA) is 82.2 Å². The molecule has 6 nitrogen and oxygen atoms in total. The zero-order valence-electron chi connectivity index (χ0n) is 10.5. The Hall–Kier alpha value is -1.40. The van der Waals surface area contributed by atoms with Crippen LogP contribution in [0.25, 0.3) is 0 Å². The maximum atomic E-state index is 11.8. The van der Waals surface area contributed by atoms with Gasteiger partial charge < -0.3 is 20.4 Å². The van der Waals surface area contributed by atoms with Gasteiger partial charge in [-0.1, -0.05) is 0 Å². The third-order valence-electron chi connectivity index (χ3n) is 3.03. The van der Waals surface area contributed by atoms with Gasteiger partial charge in [-0.05, 0) is 19.3 Å². The van der Waals surface area contributed by atoms with E-state index in [0.717, 1.165) is 25.9 Å². The molecule has 2 heterocycles. The second-order valence-corrected chi connectivity index (χ2v) is 4.47. The lowest BCUT2D eigenvalue weighted by molar-refractivity contribution is 0.0903. The summed E-state index contributed by atoms with van der Waals surface area (Å²) in [5.41, 5.74) is 5.87. The van der Waals surface area contributed by atoms with Crippen LogP contribution < -0.4 is 11.1 Å². The van der Waals surface area contributed by atoms with Gasteiger partial charge in [0.2, 0.25) is 0 Å². The fourth-order valence-corrected chi connectivity index (χ4v) is 2.06. The molecule has 1 saturated heterocycles. The summed E-state index contributed by atoms with van der Waals surface area (Å²) in [4.78, 5) is 15.8. The summed E-state index contributed by atoms with van der Waals surface area (Å²) in [7, 11) is 0. The van der Waals surface area contributed by atoms with Gasteiger partial charge >= 0.3 is 0 Å². The summed E-state index contributed by atoms with van der Waals surface area (Å²) in [6.07, 6.45) is 6.74. The van der Waals surface area contributed by atoms with Crippen LogP contribution in [0.1, 0.15) is 29.8 Å². The third-order valence-corrected chi connectivity index (χ3v) is 3.03. The molecule has 3 N–H and O–H groups in total. The van der Waals surface area contributed by atoms with Gasteiger partial charge in [-0.25, -0.2) is 4.98 Å². The zero-order chi connectivity index (χ0) is 12.8. The summed E-state index contributed by atoms with van der Waals surface area (Å²) < 4.78 is 7.31. The number of nitrogens with zero attached hydrogens (tertiary/aromatic N) is 2. The predicted molar refractivity (Wildman–Crippen MR) is 67.2 cm³/mol. The van der Waals surface area contributed by atoms with E-state index in [1.807, 2.05) is 4.57 Å². The normalized spacial score (nSPS) is 19.1. The zero-order valence-corrected chi connectivity index (χ0v) is 10.5. The molecule has 6 heteroatoms. The van der Waals surface area contributed by atoms with Crippen molar-refractivity contribution in [2.45, 2.75) is 31.9 Å². The van der Waals surface area contributed by atoms with Crippen molar-refractivity contribution in [2.75, 3.05) is 19.7 Å². The Morgan fingerprint density at radius 2 is 2.56 bits per heavy atom. The van der Waals surface area contributed by atoms with Crippen molar-refractivity contribution < 1.29 is 9.53 Å². The number of carbonyl (C=O) groups excluding carboxylic acids is 1. The van der Waals surface area contributed by atoms with Gasteiger partial charge in [0.15, 0.2) is 0 Å². The maximum Gasteiger partial charge on any atom is 0.271 e. The van der Waals surface area contributed by atoms with Crippen molar-refractivity contribution in [3.63, 3.8) is 0 Å². The number of imidazole rings is 1. The van der Waals surface area contributed by atoms with Crippen LogP contribution in [0, 0.1) is 0 Å². The highest BCUT2D eigenvalue weighted by Gasteiger charge is 2.15. The van der Waals surface area contributed by atoms with Crippen LogP contribution in [0.2, 0.25) is 0 Å². The van der Waals surface area contributed by atoms with Crippen LogP contribution >= 0.6 is 0 Å². The quantitative estimate of drug-likeness (QED) is 0.754. The minimum absolute atomic E-state index is 0.135. The van der Waals surface area contributed by atoms with Crippen LogP contribution in [0.4, 0.5) is 0 Å². The summed E-state index contributed by atoms with van der Waals surface area (Å²) in [5.74, 6) is -0.135. The molecule has 1 aliphatic rings. The molecule has 18 heavy (non-hydrogen) atoms. The van der Waals surface area contributed by atoms with E-state index < -0.39 is 0 Å². The van der Waals surface area contributed by atoms with Crippen LogP contribution in [0.3, 0.4) is 0 Å². The Balaban J connectivity index is 1.72. The summed E-state index contributed by atoms with van der Waals surface area (Å²) in [6.45, 7) is 2.70. The van der Waals surface area contributed by atoms with Crippen LogP contribution in [-0.2, 0) is 11.3 Å². The van der Waals surface area contributed by atoms with Crippen molar-refractivity contribution >= 4 is 5.91 Å². The van der Waals surface area contributed by atoms with Crippen molar-refractivity contribution in [1.29, 1.82) is 0 Å². The fourth-order valence-electron chi connectivity index (χ4n) is 2.06. The van der Waals surface area contributed by atoms with E-state index in [9.17, 15) is 4.79 Å². The fraction of sp³-hybridized carbons (Fsp3) is 0.667. The van der Waals surface area contributed by atoms with E-state index in [1.165, 1.54) is 0 Å². The molecular weight excluding hydrogens is 232 g/mol. The Kier molecular flexibility index (Phi) is 4.72. The van der Waals surface area contributed by atoms with E-state index in [-0.39, 0.29) is 5.91 Å². The lowest BCUT2D eigenvalue weighted by atomic mass is 10.2. The smallest absolute Gasteiger partial charge is 0.271 e. The number of nitrogens with two attached hydrogens (primary N) is 1. The molecule has 1 fully saturated rings. The number of ether oxygens (including phenoxy) is 1. The third kappa shape index (κ3) is 3.54. The molecule has 0 bridgehead atoms. The lowest BCUT2D eigenvalue weighted by Gasteiger charge is -2.09. The molecule has 1 aliphatic heterocycles. The number of rotatable bonds is 6. The summed E-state index contributed by atoms with van der Waals surface area (Å²) in [5, 5.41) is 2.86. The van der Waals surface area contributed by atoms with Gasteiger partial charge in [-0.3, -0.25) is 4.79 Å². The standard InChI is InChI=1S/C12H20N4O2/c13-4-6-16-8-11(15-9-16)12(17)14-5-3-10-2-1-7-18-10/h8-10H,1-7,13H2,(H,14,17). The highest BCUT2D eigenvalue weighted by atomic mass is 16.5. The number of hydrogen-bond donors (Lipinski definition) is 2. The summed E-state index contributed by atoms with van der Waals surface area (Å²) in [6, 6.07) is 0. The van der Waals surface area contributed by atoms with Gasteiger partial charge in [0.05, 0.1) is 12.4 Å². The first-order chi connectivity index (χ1) is 8.79. The molecule has 0 aliphatic carbocycles. The minimum Gasteiger partial charge on any atom is -0.378 e. The highest BCUT2D eigenvalue weighted by Crippen LogP contribution is 2.14. The Bertz CT molecular complexity index is 385. The number of carbonyl (C=O) groups is 1. The van der Waals surface area contributed by atoms with Crippen molar-refractivity contribution in [3.8, 4) is 0 Å². The average Bonchev–Trinajstić information content (AvgIpc) is 3.00. The monoisotopic (exact) mass is 252 g/mol. The van der Waals surface area contributed by atoms with E-state index >= 15 is 0 Å². The van der Waals surface area contributed by atoms with Crippen molar-refractivity contribution in [3.05, 3.63) is 18.2 Å². The molecule has 1 amide bonds. The first kappa shape index (κ1) is 13.0. The first-order valence-corrected chi connectivity index (χ1v) is 6.41. The van der Waals surface area contributed by atoms with Crippen molar-refractivity contribution in [2.24, 2.45) is 5.73 Å². The van der Waals surface area contributed by atoms with Crippen LogP contribution in [-0.4, -0.2) is 41.3 Å². The molecule has 2 rings (SSSR count). The molecular formula is C12H20N4O2. The van der Waals surface area contributed by atoms with Gasteiger partial charge in [-0.15, -0.1) is 0 Å². The number of hydrogen-bond acceptors (Lipinski definition) is 4. The van der Waals surface area contributed by atoms with Gasteiger partial charge in [-0.2, -0.15) is 0 Å². The van der Waals surface area contributed by atoms with Crippen molar-refractivity contribution in [1.82, 2.24) is 14.9 Å². The molecule has 1 aromatic rings. The largest absolute Gasteiger partial charge is 0.378 e. The Morgan fingerprint density at radius 3 is 3.28 bits per heavy atom. The van der Waals surface area contributed by atoms with E-state index in [2.05, 4.69) is 10.3 Å². The molecule has 0 spiro atoms. The molecule has 0 aromatic carbocycles. The lowest BCUT2D eigenvalue weighted by Crippen LogP contribution is -2.27. The Labute approximate surface area is 107 Å². The van der Waals surface area contributed by atoms with E-state index in [0.29, 0.717) is 31.4 Å². The molecule has 0 radical (unpaired) electrons. The second kappa shape index (κ2) is 6.51. The predicted octanol–water partition coefficient (Wildman–Crippen LogP) is 0.141. The van der Waals surface area contributed by atoms with Gasteiger partial charge in [0, 0.05) is 32.4 Å². The average molecular weight is 252 g/mol. The first-order valence-electron chi connectivity index (χ1n) is 6.41. The second-order valence-electron chi connectivity index (χ2n) is 4.47. The number of aromatic nitrogens is 2. The SMILES string of the molecule is NCCn1cnc(C(=O)NCCC2CCCO2)c1. The summed E-state index contributed by atoms with van der Waals surface area (Å²) >= 11 is 0. The molecule has 1 atom stereocenters. The Morgan fingerprint density at radius 1 is 1.67 bits per heavy atom. The molecule has 1 unspecified atom stereocenters. The van der Waals surface area contributed by atoms with Crippen LogP contribution in [0.5, 0.6) is 0 Å². The number of nitrogens with one attached hydrogen (secondary N) is 1. The number of amides is 1. The van der Waals surface area contributed by atoms with Gasteiger partial charge in [0.1, 0.15) is 5.69 Å².